The molecule has 0 radical (unpaired) electrons. The molecule has 2 rings (SSSR count). The van der Waals surface area contributed by atoms with Crippen molar-refractivity contribution < 1.29 is 9.18 Å². The molecule has 0 amide bonds. The van der Waals surface area contributed by atoms with Gasteiger partial charge >= 0.3 is 0 Å². The van der Waals surface area contributed by atoms with Gasteiger partial charge in [0.25, 0.3) is 5.79 Å². The summed E-state index contributed by atoms with van der Waals surface area (Å²) in [6, 6.07) is 8.27. The van der Waals surface area contributed by atoms with Gasteiger partial charge in [0.05, 0.1) is 0 Å². The molecule has 0 aliphatic rings. The standard InChI is InChI=1S/C11H10FN3O/c1-11(12,15-8-13-7-14-15)10(16)9-5-3-2-4-6-9/h2-8H,1H3/t11-/m1/s1. The molecular weight excluding hydrogens is 209 g/mol. The summed E-state index contributed by atoms with van der Waals surface area (Å²) in [5.41, 5.74) is 0.308. The van der Waals surface area contributed by atoms with Gasteiger partial charge in [-0.15, -0.1) is 0 Å². The smallest absolute Gasteiger partial charge is 0.262 e. The second-order valence-electron chi connectivity index (χ2n) is 3.49. The van der Waals surface area contributed by atoms with Crippen molar-refractivity contribution in [1.82, 2.24) is 14.8 Å². The molecule has 0 aliphatic heterocycles. The number of carbonyl (C=O) groups excluding carboxylic acids is 1. The van der Waals surface area contributed by atoms with Crippen molar-refractivity contribution >= 4 is 5.78 Å². The Kier molecular flexibility index (Phi) is 2.52. The fourth-order valence-corrected chi connectivity index (χ4v) is 1.38. The minimum absolute atomic E-state index is 0.308. The minimum atomic E-state index is -2.21. The van der Waals surface area contributed by atoms with Gasteiger partial charge in [0.15, 0.2) is 0 Å². The molecule has 0 unspecified atom stereocenters. The Bertz CT molecular complexity index is 479. The fourth-order valence-electron chi connectivity index (χ4n) is 1.38. The van der Waals surface area contributed by atoms with E-state index in [1.54, 1.807) is 30.3 Å². The average molecular weight is 219 g/mol. The highest BCUT2D eigenvalue weighted by molar-refractivity contribution is 6.00. The first kappa shape index (κ1) is 10.5. The van der Waals surface area contributed by atoms with E-state index in [2.05, 4.69) is 10.1 Å². The molecule has 1 atom stereocenters. The van der Waals surface area contributed by atoms with Crippen molar-refractivity contribution in [1.29, 1.82) is 0 Å². The fraction of sp³-hybridized carbons (Fsp3) is 0.182. The SMILES string of the molecule is C[C@](F)(C(=O)c1ccccc1)n1cncn1. The Morgan fingerprint density at radius 2 is 2.06 bits per heavy atom. The third kappa shape index (κ3) is 1.71. The number of Topliss-reactive ketones (excluding diaryl/α,β-unsaturated/α-hetero) is 1. The number of halogens is 1. The van der Waals surface area contributed by atoms with Gasteiger partial charge in [0.2, 0.25) is 5.78 Å². The molecular formula is C11H10FN3O. The molecule has 2 aromatic rings. The van der Waals surface area contributed by atoms with Crippen LogP contribution in [-0.2, 0) is 5.79 Å². The molecule has 1 aromatic heterocycles. The minimum Gasteiger partial charge on any atom is -0.288 e. The molecule has 1 heterocycles. The lowest BCUT2D eigenvalue weighted by molar-refractivity contribution is 0.0459. The predicted molar refractivity (Wildman–Crippen MR) is 55.6 cm³/mol. The molecule has 0 fully saturated rings. The number of carbonyl (C=O) groups is 1. The van der Waals surface area contributed by atoms with E-state index in [1.807, 2.05) is 0 Å². The van der Waals surface area contributed by atoms with Crippen LogP contribution < -0.4 is 0 Å². The summed E-state index contributed by atoms with van der Waals surface area (Å²) in [4.78, 5) is 15.5. The van der Waals surface area contributed by atoms with Gasteiger partial charge in [-0.05, 0) is 6.92 Å². The Hall–Kier alpha value is -2.04. The molecule has 0 saturated carbocycles. The summed E-state index contributed by atoms with van der Waals surface area (Å²) in [5.74, 6) is -2.85. The number of ketones is 1. The van der Waals surface area contributed by atoms with Crippen molar-refractivity contribution in [3.05, 3.63) is 48.5 Å². The van der Waals surface area contributed by atoms with Gasteiger partial charge in [-0.3, -0.25) is 4.79 Å². The first-order valence-electron chi connectivity index (χ1n) is 4.76. The maximum atomic E-state index is 14.2. The molecule has 16 heavy (non-hydrogen) atoms. The molecule has 0 bridgehead atoms. The van der Waals surface area contributed by atoms with Crippen LogP contribution in [0.5, 0.6) is 0 Å². The van der Waals surface area contributed by atoms with Crippen molar-refractivity contribution in [3.63, 3.8) is 0 Å². The highest BCUT2D eigenvalue weighted by atomic mass is 19.1. The number of hydrogen-bond acceptors (Lipinski definition) is 3. The number of rotatable bonds is 3. The van der Waals surface area contributed by atoms with Crippen molar-refractivity contribution in [2.24, 2.45) is 0 Å². The summed E-state index contributed by atoms with van der Waals surface area (Å²) in [7, 11) is 0. The normalized spacial score (nSPS) is 14.4. The maximum absolute atomic E-state index is 14.2. The van der Waals surface area contributed by atoms with Crippen LogP contribution in [0.2, 0.25) is 0 Å². The summed E-state index contributed by atoms with van der Waals surface area (Å²) in [6.07, 6.45) is 2.37. The highest BCUT2D eigenvalue weighted by Gasteiger charge is 2.36. The zero-order chi connectivity index (χ0) is 11.6. The lowest BCUT2D eigenvalue weighted by atomic mass is 10.0. The molecule has 1 aromatic carbocycles. The summed E-state index contributed by atoms with van der Waals surface area (Å²) in [6.45, 7) is 1.16. The van der Waals surface area contributed by atoms with E-state index >= 15 is 0 Å². The summed E-state index contributed by atoms with van der Waals surface area (Å²) < 4.78 is 15.2. The van der Waals surface area contributed by atoms with Gasteiger partial charge in [0.1, 0.15) is 12.7 Å². The van der Waals surface area contributed by atoms with Crippen LogP contribution in [0.3, 0.4) is 0 Å². The zero-order valence-corrected chi connectivity index (χ0v) is 8.67. The molecule has 0 aliphatic carbocycles. The van der Waals surface area contributed by atoms with E-state index in [-0.39, 0.29) is 0 Å². The zero-order valence-electron chi connectivity index (χ0n) is 8.67. The van der Waals surface area contributed by atoms with E-state index < -0.39 is 11.6 Å². The topological polar surface area (TPSA) is 47.8 Å². The number of aromatic nitrogens is 3. The Balaban J connectivity index is 2.36. The monoisotopic (exact) mass is 219 g/mol. The van der Waals surface area contributed by atoms with Crippen LogP contribution in [0.25, 0.3) is 0 Å². The third-order valence-electron chi connectivity index (χ3n) is 2.30. The number of nitrogens with zero attached hydrogens (tertiary/aromatic N) is 3. The lowest BCUT2D eigenvalue weighted by Gasteiger charge is -2.18. The van der Waals surface area contributed by atoms with Gasteiger partial charge in [-0.25, -0.2) is 14.1 Å². The summed E-state index contributed by atoms with van der Waals surface area (Å²) in [5, 5.41) is 3.64. The van der Waals surface area contributed by atoms with Crippen molar-refractivity contribution in [2.45, 2.75) is 12.7 Å². The maximum Gasteiger partial charge on any atom is 0.262 e. The van der Waals surface area contributed by atoms with Crippen LogP contribution >= 0.6 is 0 Å². The van der Waals surface area contributed by atoms with Crippen LogP contribution in [0.15, 0.2) is 43.0 Å². The van der Waals surface area contributed by atoms with E-state index in [9.17, 15) is 9.18 Å². The van der Waals surface area contributed by atoms with Gasteiger partial charge in [-0.2, -0.15) is 5.10 Å². The Morgan fingerprint density at radius 1 is 1.38 bits per heavy atom. The largest absolute Gasteiger partial charge is 0.288 e. The molecule has 4 nitrogen and oxygen atoms in total. The van der Waals surface area contributed by atoms with E-state index in [1.165, 1.54) is 12.7 Å². The van der Waals surface area contributed by atoms with Gasteiger partial charge in [0, 0.05) is 5.56 Å². The van der Waals surface area contributed by atoms with Crippen LogP contribution in [0.1, 0.15) is 17.3 Å². The van der Waals surface area contributed by atoms with E-state index in [0.29, 0.717) is 5.56 Å². The first-order valence-corrected chi connectivity index (χ1v) is 4.76. The van der Waals surface area contributed by atoms with Gasteiger partial charge < -0.3 is 0 Å². The van der Waals surface area contributed by atoms with Crippen LogP contribution in [0, 0.1) is 0 Å². The molecule has 0 saturated heterocycles. The Morgan fingerprint density at radius 3 is 2.62 bits per heavy atom. The van der Waals surface area contributed by atoms with Crippen molar-refractivity contribution in [2.75, 3.05) is 0 Å². The summed E-state index contributed by atoms with van der Waals surface area (Å²) >= 11 is 0. The predicted octanol–water partition coefficient (Wildman–Crippen LogP) is 1.80. The third-order valence-corrected chi connectivity index (χ3v) is 2.30. The number of alkyl halides is 1. The molecule has 82 valence electrons. The van der Waals surface area contributed by atoms with Crippen LogP contribution in [0.4, 0.5) is 4.39 Å². The Labute approximate surface area is 91.7 Å². The molecule has 0 N–H and O–H groups in total. The number of benzene rings is 1. The number of hydrogen-bond donors (Lipinski definition) is 0. The molecule has 5 heteroatoms. The lowest BCUT2D eigenvalue weighted by Crippen LogP contribution is -2.34. The van der Waals surface area contributed by atoms with Crippen LogP contribution in [-0.4, -0.2) is 20.5 Å². The average Bonchev–Trinajstić information content (AvgIpc) is 2.83. The van der Waals surface area contributed by atoms with E-state index in [4.69, 9.17) is 0 Å². The first-order chi connectivity index (χ1) is 7.62. The molecule has 0 spiro atoms. The quantitative estimate of drug-likeness (QED) is 0.739. The second kappa shape index (κ2) is 3.84. The second-order valence-corrected chi connectivity index (χ2v) is 3.49. The van der Waals surface area contributed by atoms with Crippen molar-refractivity contribution in [3.8, 4) is 0 Å². The highest BCUT2D eigenvalue weighted by Crippen LogP contribution is 2.21. The van der Waals surface area contributed by atoms with E-state index in [0.717, 1.165) is 11.6 Å². The van der Waals surface area contributed by atoms with Gasteiger partial charge in [-0.1, -0.05) is 30.3 Å².